The van der Waals surface area contributed by atoms with E-state index in [1.54, 1.807) is 0 Å². The Labute approximate surface area is 124 Å². The van der Waals surface area contributed by atoms with Gasteiger partial charge in [0.15, 0.2) is 0 Å². The fourth-order valence-corrected chi connectivity index (χ4v) is 3.30. The van der Waals surface area contributed by atoms with Crippen LogP contribution < -0.4 is 0 Å². The number of rotatable bonds is 4. The van der Waals surface area contributed by atoms with Gasteiger partial charge in [0.1, 0.15) is 0 Å². The fraction of sp³-hybridized carbons (Fsp3) is 0.714. The summed E-state index contributed by atoms with van der Waals surface area (Å²) in [7, 11) is 1.95. The highest BCUT2D eigenvalue weighted by molar-refractivity contribution is 5.69. The summed E-state index contributed by atoms with van der Waals surface area (Å²) in [6.45, 7) is 4.84. The molecule has 7 nitrogen and oxygen atoms in total. The second-order valence-electron chi connectivity index (χ2n) is 6.02. The van der Waals surface area contributed by atoms with Gasteiger partial charge in [-0.2, -0.15) is 5.10 Å². The molecule has 1 N–H and O–H groups in total. The van der Waals surface area contributed by atoms with Crippen LogP contribution in [0.1, 0.15) is 5.69 Å². The van der Waals surface area contributed by atoms with E-state index in [1.165, 1.54) is 5.69 Å². The highest BCUT2D eigenvalue weighted by Gasteiger charge is 2.34. The number of carbonyl (C=O) groups is 1. The first-order valence-corrected chi connectivity index (χ1v) is 7.34. The average Bonchev–Trinajstić information content (AvgIpc) is 2.61. The molecule has 2 saturated heterocycles. The minimum atomic E-state index is -0.755. The number of carboxylic acids is 1. The van der Waals surface area contributed by atoms with Crippen molar-refractivity contribution in [3.05, 3.63) is 18.0 Å². The standard InChI is InChI=1S/C14H22N4O3/c1-16-12(2-3-15-16)7-18-5-11-4-17(8-14(19)20)6-13(18)10-21-9-11/h2-3,11,13H,4-10H2,1H3,(H,19,20)/t11-,13-/m0/s1. The van der Waals surface area contributed by atoms with Crippen molar-refractivity contribution in [2.75, 3.05) is 39.4 Å². The van der Waals surface area contributed by atoms with Gasteiger partial charge < -0.3 is 9.84 Å². The number of nitrogens with zero attached hydrogens (tertiary/aromatic N) is 4. The molecule has 2 fully saturated rings. The number of fused-ring (bicyclic) bond motifs is 3. The van der Waals surface area contributed by atoms with Crippen LogP contribution in [0.4, 0.5) is 0 Å². The third kappa shape index (κ3) is 3.42. The lowest BCUT2D eigenvalue weighted by Gasteiger charge is -2.30. The van der Waals surface area contributed by atoms with Crippen LogP contribution in [-0.4, -0.2) is 76.1 Å². The van der Waals surface area contributed by atoms with Gasteiger partial charge in [0.25, 0.3) is 0 Å². The van der Waals surface area contributed by atoms with Gasteiger partial charge in [-0.25, -0.2) is 0 Å². The Balaban J connectivity index is 1.73. The van der Waals surface area contributed by atoms with E-state index in [0.717, 1.165) is 26.2 Å². The van der Waals surface area contributed by atoms with Gasteiger partial charge in [0, 0.05) is 51.4 Å². The molecule has 3 heterocycles. The number of aliphatic carboxylic acids is 1. The largest absolute Gasteiger partial charge is 0.480 e. The van der Waals surface area contributed by atoms with Crippen molar-refractivity contribution in [3.63, 3.8) is 0 Å². The van der Waals surface area contributed by atoms with Crippen LogP contribution in [0, 0.1) is 5.92 Å². The van der Waals surface area contributed by atoms with Gasteiger partial charge in [-0.1, -0.05) is 0 Å². The monoisotopic (exact) mass is 294 g/mol. The number of ether oxygens (including phenoxy) is 1. The molecule has 1 aromatic heterocycles. The molecule has 0 radical (unpaired) electrons. The minimum Gasteiger partial charge on any atom is -0.480 e. The van der Waals surface area contributed by atoms with Crippen molar-refractivity contribution in [2.24, 2.45) is 13.0 Å². The second kappa shape index (κ2) is 6.13. The van der Waals surface area contributed by atoms with E-state index in [-0.39, 0.29) is 12.6 Å². The zero-order valence-electron chi connectivity index (χ0n) is 12.3. The number of hydrogen-bond acceptors (Lipinski definition) is 5. The maximum Gasteiger partial charge on any atom is 0.317 e. The van der Waals surface area contributed by atoms with E-state index in [9.17, 15) is 4.79 Å². The van der Waals surface area contributed by atoms with Crippen molar-refractivity contribution in [2.45, 2.75) is 12.6 Å². The first-order valence-electron chi connectivity index (χ1n) is 7.34. The molecule has 0 saturated carbocycles. The molecule has 116 valence electrons. The molecular formula is C14H22N4O3. The zero-order chi connectivity index (χ0) is 14.8. The predicted octanol–water partition coefficient (Wildman–Crippen LogP) is -0.363. The lowest BCUT2D eigenvalue weighted by Crippen LogP contribution is -2.45. The normalized spacial score (nSPS) is 27.5. The first-order chi connectivity index (χ1) is 10.1. The van der Waals surface area contributed by atoms with Crippen molar-refractivity contribution < 1.29 is 14.6 Å². The molecular weight excluding hydrogens is 272 g/mol. The van der Waals surface area contributed by atoms with E-state index < -0.39 is 5.97 Å². The van der Waals surface area contributed by atoms with Crippen molar-refractivity contribution in [1.82, 2.24) is 19.6 Å². The van der Waals surface area contributed by atoms with E-state index in [1.807, 2.05) is 28.9 Å². The minimum absolute atomic E-state index is 0.118. The predicted molar refractivity (Wildman–Crippen MR) is 75.8 cm³/mol. The molecule has 0 aromatic carbocycles. The quantitative estimate of drug-likeness (QED) is 0.817. The third-order valence-electron chi connectivity index (χ3n) is 4.30. The highest BCUT2D eigenvalue weighted by atomic mass is 16.5. The van der Waals surface area contributed by atoms with Crippen LogP contribution in [-0.2, 0) is 23.1 Å². The number of aryl methyl sites for hydroxylation is 1. The van der Waals surface area contributed by atoms with Gasteiger partial charge in [-0.05, 0) is 6.07 Å². The molecule has 2 aliphatic heterocycles. The van der Waals surface area contributed by atoms with Gasteiger partial charge >= 0.3 is 5.97 Å². The van der Waals surface area contributed by atoms with Gasteiger partial charge in [-0.3, -0.25) is 19.3 Å². The Kier molecular flexibility index (Phi) is 4.23. The Morgan fingerprint density at radius 3 is 3.00 bits per heavy atom. The smallest absolute Gasteiger partial charge is 0.317 e. The lowest BCUT2D eigenvalue weighted by atomic mass is 10.1. The maximum atomic E-state index is 11.0. The third-order valence-corrected chi connectivity index (χ3v) is 4.30. The van der Waals surface area contributed by atoms with E-state index in [4.69, 9.17) is 9.84 Å². The van der Waals surface area contributed by atoms with Gasteiger partial charge in [0.05, 0.1) is 25.5 Å². The molecule has 2 bridgehead atoms. The van der Waals surface area contributed by atoms with Crippen LogP contribution in [0.2, 0.25) is 0 Å². The molecule has 2 atom stereocenters. The van der Waals surface area contributed by atoms with E-state index in [0.29, 0.717) is 19.1 Å². The second-order valence-corrected chi connectivity index (χ2v) is 6.02. The van der Waals surface area contributed by atoms with Crippen molar-refractivity contribution >= 4 is 5.97 Å². The summed E-state index contributed by atoms with van der Waals surface area (Å²) in [5.74, 6) is -0.390. The number of aromatic nitrogens is 2. The SMILES string of the molecule is Cn1nccc1CN1C[C@H]2COC[C@@H]1CN(CC(=O)O)C2. The molecule has 21 heavy (non-hydrogen) atoms. The van der Waals surface area contributed by atoms with Crippen LogP contribution in [0.25, 0.3) is 0 Å². The van der Waals surface area contributed by atoms with Crippen LogP contribution in [0.5, 0.6) is 0 Å². The summed E-state index contributed by atoms with van der Waals surface area (Å²) >= 11 is 0. The summed E-state index contributed by atoms with van der Waals surface area (Å²) in [5.41, 5.74) is 1.17. The Morgan fingerprint density at radius 2 is 2.29 bits per heavy atom. The average molecular weight is 294 g/mol. The van der Waals surface area contributed by atoms with Crippen molar-refractivity contribution in [3.8, 4) is 0 Å². The Bertz CT molecular complexity index is 504. The molecule has 7 heteroatoms. The molecule has 0 aliphatic carbocycles. The maximum absolute atomic E-state index is 11.0. The van der Waals surface area contributed by atoms with Gasteiger partial charge in [-0.15, -0.1) is 0 Å². The van der Waals surface area contributed by atoms with Crippen LogP contribution in [0.15, 0.2) is 12.3 Å². The first kappa shape index (κ1) is 14.5. The molecule has 2 aliphatic rings. The molecule has 1 aromatic rings. The van der Waals surface area contributed by atoms with Crippen LogP contribution >= 0.6 is 0 Å². The lowest BCUT2D eigenvalue weighted by molar-refractivity contribution is -0.138. The highest BCUT2D eigenvalue weighted by Crippen LogP contribution is 2.21. The molecule has 0 spiro atoms. The summed E-state index contributed by atoms with van der Waals surface area (Å²) in [6.07, 6.45) is 1.81. The summed E-state index contributed by atoms with van der Waals surface area (Å²) in [5, 5.41) is 13.2. The van der Waals surface area contributed by atoms with Crippen molar-refractivity contribution in [1.29, 1.82) is 0 Å². The number of carboxylic acid groups (broad SMARTS) is 1. The molecule has 3 rings (SSSR count). The fourth-order valence-electron chi connectivity index (χ4n) is 3.30. The topological polar surface area (TPSA) is 70.8 Å². The Hall–Kier alpha value is -1.44. The van der Waals surface area contributed by atoms with E-state index in [2.05, 4.69) is 10.00 Å². The van der Waals surface area contributed by atoms with Crippen LogP contribution in [0.3, 0.4) is 0 Å². The zero-order valence-corrected chi connectivity index (χ0v) is 12.3. The Morgan fingerprint density at radius 1 is 1.43 bits per heavy atom. The molecule has 0 unspecified atom stereocenters. The summed E-state index contributed by atoms with van der Waals surface area (Å²) < 4.78 is 7.65. The number of hydrogen-bond donors (Lipinski definition) is 1. The summed E-state index contributed by atoms with van der Waals surface area (Å²) in [4.78, 5) is 15.4. The van der Waals surface area contributed by atoms with E-state index >= 15 is 0 Å². The summed E-state index contributed by atoms with van der Waals surface area (Å²) in [6, 6.07) is 2.27. The van der Waals surface area contributed by atoms with Gasteiger partial charge in [0.2, 0.25) is 0 Å². The molecule has 0 amide bonds.